The lowest BCUT2D eigenvalue weighted by Crippen LogP contribution is -2.64. The van der Waals surface area contributed by atoms with E-state index in [4.69, 9.17) is 0 Å². The zero-order chi connectivity index (χ0) is 20.7. The molecule has 0 radical (unpaired) electrons. The molecule has 2 aromatic rings. The Balaban J connectivity index is 1.29. The van der Waals surface area contributed by atoms with E-state index in [1.807, 2.05) is 18.0 Å². The number of amides is 2. The quantitative estimate of drug-likeness (QED) is 0.788. The van der Waals surface area contributed by atoms with E-state index in [9.17, 15) is 9.59 Å². The first-order valence-electron chi connectivity index (χ1n) is 10.8. The zero-order valence-electron chi connectivity index (χ0n) is 17.5. The van der Waals surface area contributed by atoms with Crippen LogP contribution in [0.25, 0.3) is 0 Å². The van der Waals surface area contributed by atoms with Gasteiger partial charge in [0.15, 0.2) is 0 Å². The number of imidazole rings is 1. The number of hydrogen-bond donors (Lipinski definition) is 1. The molecule has 2 amide bonds. The number of aromatic nitrogens is 2. The smallest absolute Gasteiger partial charge is 0.272 e. The predicted molar refractivity (Wildman–Crippen MR) is 112 cm³/mol. The van der Waals surface area contributed by atoms with Gasteiger partial charge in [-0.1, -0.05) is 30.3 Å². The van der Waals surface area contributed by atoms with Gasteiger partial charge in [0.1, 0.15) is 5.69 Å². The molecule has 1 atom stereocenters. The van der Waals surface area contributed by atoms with Gasteiger partial charge in [-0.05, 0) is 24.3 Å². The molecule has 30 heavy (non-hydrogen) atoms. The maximum absolute atomic E-state index is 13.1. The summed E-state index contributed by atoms with van der Waals surface area (Å²) in [7, 11) is 1.83. The van der Waals surface area contributed by atoms with Gasteiger partial charge in [-0.2, -0.15) is 0 Å². The second kappa shape index (κ2) is 7.54. The van der Waals surface area contributed by atoms with Gasteiger partial charge < -0.3 is 14.8 Å². The van der Waals surface area contributed by atoms with E-state index < -0.39 is 0 Å². The van der Waals surface area contributed by atoms with Gasteiger partial charge in [-0.15, -0.1) is 0 Å². The summed E-state index contributed by atoms with van der Waals surface area (Å²) in [5.74, 6) is 0.746. The van der Waals surface area contributed by atoms with Crippen molar-refractivity contribution in [1.82, 2.24) is 24.7 Å². The lowest BCUT2D eigenvalue weighted by molar-refractivity contribution is -0.131. The van der Waals surface area contributed by atoms with Crippen LogP contribution < -0.4 is 5.32 Å². The molecule has 1 aromatic heterocycles. The second-order valence-corrected chi connectivity index (χ2v) is 9.31. The first-order valence-corrected chi connectivity index (χ1v) is 10.8. The molecule has 3 aliphatic rings. The minimum absolute atomic E-state index is 0.000673. The summed E-state index contributed by atoms with van der Waals surface area (Å²) in [5, 5.41) is 3.19. The molecule has 7 heteroatoms. The minimum atomic E-state index is -0.156. The molecule has 3 heterocycles. The molecule has 1 aliphatic carbocycles. The van der Waals surface area contributed by atoms with Crippen LogP contribution in [-0.2, 0) is 18.4 Å². The highest BCUT2D eigenvalue weighted by atomic mass is 16.2. The molecule has 1 spiro atoms. The third kappa shape index (κ3) is 3.62. The molecule has 1 unspecified atom stereocenters. The molecule has 2 aliphatic heterocycles. The third-order valence-electron chi connectivity index (χ3n) is 6.88. The number of carbonyl (C=O) groups excluding carboxylic acids is 2. The number of carbonyl (C=O) groups is 2. The number of aryl methyl sites for hydroxylation is 1. The molecule has 1 N–H and O–H groups in total. The molecule has 1 aromatic carbocycles. The molecule has 1 saturated carbocycles. The first kappa shape index (κ1) is 19.3. The van der Waals surface area contributed by atoms with Gasteiger partial charge in [-0.25, -0.2) is 4.98 Å². The Bertz CT molecular complexity index is 930. The summed E-state index contributed by atoms with van der Waals surface area (Å²) < 4.78 is 1.75. The van der Waals surface area contributed by atoms with E-state index in [1.54, 1.807) is 17.1 Å². The van der Waals surface area contributed by atoms with Crippen LogP contribution in [0.2, 0.25) is 0 Å². The second-order valence-electron chi connectivity index (χ2n) is 9.31. The maximum atomic E-state index is 13.1. The van der Waals surface area contributed by atoms with Crippen molar-refractivity contribution in [2.75, 3.05) is 32.7 Å². The van der Waals surface area contributed by atoms with Crippen molar-refractivity contribution in [3.63, 3.8) is 0 Å². The largest absolute Gasteiger partial charge is 0.356 e. The zero-order valence-corrected chi connectivity index (χ0v) is 17.5. The predicted octanol–water partition coefficient (Wildman–Crippen LogP) is 1.52. The van der Waals surface area contributed by atoms with Crippen LogP contribution in [0.1, 0.15) is 28.9 Å². The first-order chi connectivity index (χ1) is 14.5. The Morgan fingerprint density at radius 1 is 1.17 bits per heavy atom. The molecule has 3 fully saturated rings. The summed E-state index contributed by atoms with van der Waals surface area (Å²) in [6.45, 7) is 4.48. The molecule has 5 rings (SSSR count). The van der Waals surface area contributed by atoms with Crippen LogP contribution in [0.5, 0.6) is 0 Å². The summed E-state index contributed by atoms with van der Waals surface area (Å²) in [6, 6.07) is 10.4. The van der Waals surface area contributed by atoms with Crippen LogP contribution in [0.3, 0.4) is 0 Å². The monoisotopic (exact) mass is 407 g/mol. The fourth-order valence-corrected chi connectivity index (χ4v) is 4.99. The number of rotatable bonds is 6. The molecular weight excluding hydrogens is 378 g/mol. The van der Waals surface area contributed by atoms with Crippen molar-refractivity contribution in [2.45, 2.75) is 19.4 Å². The molecule has 2 saturated heterocycles. The van der Waals surface area contributed by atoms with Gasteiger partial charge in [0, 0.05) is 51.7 Å². The fraction of sp³-hybridized carbons (Fsp3) is 0.522. The fourth-order valence-electron chi connectivity index (χ4n) is 4.99. The van der Waals surface area contributed by atoms with Gasteiger partial charge in [-0.3, -0.25) is 14.5 Å². The molecule has 158 valence electrons. The number of hydrogen-bond acceptors (Lipinski definition) is 4. The van der Waals surface area contributed by atoms with E-state index in [1.165, 1.54) is 18.4 Å². The average Bonchev–Trinajstić information content (AvgIpc) is 3.33. The Labute approximate surface area is 177 Å². The van der Waals surface area contributed by atoms with Gasteiger partial charge in [0.2, 0.25) is 5.91 Å². The maximum Gasteiger partial charge on any atom is 0.272 e. The average molecular weight is 408 g/mol. The van der Waals surface area contributed by atoms with E-state index in [2.05, 4.69) is 39.5 Å². The van der Waals surface area contributed by atoms with Crippen molar-refractivity contribution in [3.05, 3.63) is 54.1 Å². The van der Waals surface area contributed by atoms with Crippen LogP contribution in [0, 0.1) is 17.3 Å². The standard InChI is InChI=1S/C23H29N5O2/c1-26-16-24-10-20(26)22(30)28-14-23(15-28)13-27(11-18-5-3-2-4-6-18)12-19(23)21(29)25-9-17-7-8-17/h2-6,10,16-17,19H,7-9,11-15H2,1H3,(H,25,29). The highest BCUT2D eigenvalue weighted by Crippen LogP contribution is 2.45. The minimum Gasteiger partial charge on any atom is -0.356 e. The highest BCUT2D eigenvalue weighted by Gasteiger charge is 2.58. The molecular formula is C23H29N5O2. The molecule has 0 bridgehead atoms. The van der Waals surface area contributed by atoms with Crippen LogP contribution >= 0.6 is 0 Å². The van der Waals surface area contributed by atoms with Crippen LogP contribution in [-0.4, -0.2) is 63.9 Å². The number of nitrogens with zero attached hydrogens (tertiary/aromatic N) is 4. The van der Waals surface area contributed by atoms with Gasteiger partial charge >= 0.3 is 0 Å². The van der Waals surface area contributed by atoms with E-state index >= 15 is 0 Å². The summed E-state index contributed by atoms with van der Waals surface area (Å²) in [6.07, 6.45) is 5.71. The Kier molecular flexibility index (Phi) is 4.85. The summed E-state index contributed by atoms with van der Waals surface area (Å²) >= 11 is 0. The van der Waals surface area contributed by atoms with Crippen LogP contribution in [0.4, 0.5) is 0 Å². The van der Waals surface area contributed by atoms with E-state index in [-0.39, 0.29) is 23.1 Å². The lowest BCUT2D eigenvalue weighted by atomic mass is 9.71. The SMILES string of the molecule is Cn1cncc1C(=O)N1CC2(CN(Cc3ccccc3)CC2C(=O)NCC2CC2)C1. The normalized spacial score (nSPS) is 22.8. The van der Waals surface area contributed by atoms with Crippen molar-refractivity contribution in [1.29, 1.82) is 0 Å². The van der Waals surface area contributed by atoms with Crippen molar-refractivity contribution < 1.29 is 9.59 Å². The summed E-state index contributed by atoms with van der Waals surface area (Å²) in [4.78, 5) is 34.3. The van der Waals surface area contributed by atoms with Crippen molar-refractivity contribution >= 4 is 11.8 Å². The number of likely N-dealkylation sites (tertiary alicyclic amines) is 2. The molecule has 7 nitrogen and oxygen atoms in total. The van der Waals surface area contributed by atoms with Gasteiger partial charge in [0.25, 0.3) is 5.91 Å². The van der Waals surface area contributed by atoms with Gasteiger partial charge in [0.05, 0.1) is 18.4 Å². The Hall–Kier alpha value is -2.67. The highest BCUT2D eigenvalue weighted by molar-refractivity contribution is 5.93. The lowest BCUT2D eigenvalue weighted by Gasteiger charge is -2.50. The van der Waals surface area contributed by atoms with E-state index in [0.717, 1.165) is 26.2 Å². The Morgan fingerprint density at radius 2 is 1.93 bits per heavy atom. The Morgan fingerprint density at radius 3 is 2.60 bits per heavy atom. The van der Waals surface area contributed by atoms with Crippen molar-refractivity contribution in [3.8, 4) is 0 Å². The summed E-state index contributed by atoms with van der Waals surface area (Å²) in [5.41, 5.74) is 1.70. The number of nitrogens with one attached hydrogen (secondary N) is 1. The van der Waals surface area contributed by atoms with Crippen molar-refractivity contribution in [2.24, 2.45) is 24.3 Å². The number of benzene rings is 1. The van der Waals surface area contributed by atoms with E-state index in [0.29, 0.717) is 24.7 Å². The third-order valence-corrected chi connectivity index (χ3v) is 6.88. The topological polar surface area (TPSA) is 70.5 Å². The van der Waals surface area contributed by atoms with Crippen LogP contribution in [0.15, 0.2) is 42.9 Å².